The molecule has 0 saturated carbocycles. The van der Waals surface area contributed by atoms with E-state index in [1.165, 1.54) is 37.1 Å². The Morgan fingerprint density at radius 2 is 1.79 bits per heavy atom. The molecule has 4 nitrogen and oxygen atoms in total. The number of carbonyl (C=O) groups is 1. The lowest BCUT2D eigenvalue weighted by molar-refractivity contribution is -0.279. The summed E-state index contributed by atoms with van der Waals surface area (Å²) < 4.78 is 52.7. The fraction of sp³-hybridized carbons (Fsp3) is 0.519. The van der Waals surface area contributed by atoms with Crippen LogP contribution in [0.2, 0.25) is 0 Å². The zero-order valence-corrected chi connectivity index (χ0v) is 20.4. The zero-order valence-electron chi connectivity index (χ0n) is 20.4. The number of hydrogen-bond donors (Lipinski definition) is 0. The number of esters is 1. The molecule has 1 saturated heterocycles. The van der Waals surface area contributed by atoms with E-state index in [-0.39, 0.29) is 17.6 Å². The highest BCUT2D eigenvalue weighted by atomic mass is 19.4. The van der Waals surface area contributed by atoms with Crippen LogP contribution in [0.3, 0.4) is 0 Å². The molecule has 4 atom stereocenters. The zero-order chi connectivity index (χ0) is 25.2. The van der Waals surface area contributed by atoms with Crippen LogP contribution < -0.4 is 0 Å². The molecular formula is C27H36F3NO3. The van der Waals surface area contributed by atoms with Gasteiger partial charge in [0, 0.05) is 24.8 Å². The number of likely N-dealkylation sites (N-methyl/N-ethyl adjacent to an activating group) is 1. The average Bonchev–Trinajstić information content (AvgIpc) is 2.80. The Balaban J connectivity index is 2.07. The third kappa shape index (κ3) is 6.60. The number of carbonyl (C=O) groups excluding carboxylic acids is 1. The van der Waals surface area contributed by atoms with Crippen LogP contribution in [0.4, 0.5) is 13.2 Å². The molecule has 0 unspecified atom stereocenters. The van der Waals surface area contributed by atoms with Gasteiger partial charge in [-0.05, 0) is 33.2 Å². The van der Waals surface area contributed by atoms with E-state index in [1.54, 1.807) is 6.07 Å². The Morgan fingerprint density at radius 1 is 1.12 bits per heavy atom. The van der Waals surface area contributed by atoms with Gasteiger partial charge in [0.15, 0.2) is 0 Å². The minimum Gasteiger partial charge on any atom is -0.458 e. The Labute approximate surface area is 201 Å². The standard InChI is InChI=1S/C27H36F3NO3/c1-5-6-7-8-9-10-11-15-18-23-19-20-24(21(2)31(23)3)34-25(32)26(33-4,27(28,29)30)22-16-13-12-14-17-22/h8-18,21,23-24H,5-7,19-20H2,1-4H3/b9-8+,11-10+,18-15+/t21-,23+,24+,26-/m0/s1. The lowest BCUT2D eigenvalue weighted by Crippen LogP contribution is -2.56. The molecule has 1 aromatic carbocycles. The number of piperidine rings is 1. The highest BCUT2D eigenvalue weighted by Crippen LogP contribution is 2.43. The average molecular weight is 480 g/mol. The van der Waals surface area contributed by atoms with E-state index in [4.69, 9.17) is 9.47 Å². The first-order valence-electron chi connectivity index (χ1n) is 11.8. The maximum atomic E-state index is 14.1. The number of methoxy groups -OCH3 is 1. The molecule has 1 fully saturated rings. The van der Waals surface area contributed by atoms with Crippen molar-refractivity contribution < 1.29 is 27.4 Å². The first-order chi connectivity index (χ1) is 16.2. The molecule has 0 aliphatic carbocycles. The molecule has 1 aromatic rings. The normalized spacial score (nSPS) is 24.1. The summed E-state index contributed by atoms with van der Waals surface area (Å²) in [6, 6.07) is 6.74. The van der Waals surface area contributed by atoms with E-state index < -0.39 is 23.9 Å². The van der Waals surface area contributed by atoms with E-state index in [0.717, 1.165) is 13.5 Å². The van der Waals surface area contributed by atoms with E-state index in [1.807, 2.05) is 43.2 Å². The number of nitrogens with zero attached hydrogens (tertiary/aromatic N) is 1. The summed E-state index contributed by atoms with van der Waals surface area (Å²) in [5.74, 6) is -1.44. The van der Waals surface area contributed by atoms with Gasteiger partial charge >= 0.3 is 12.1 Å². The summed E-state index contributed by atoms with van der Waals surface area (Å²) in [7, 11) is 2.77. The summed E-state index contributed by atoms with van der Waals surface area (Å²) >= 11 is 0. The van der Waals surface area contributed by atoms with Crippen LogP contribution in [0.1, 0.15) is 51.5 Å². The summed E-state index contributed by atoms with van der Waals surface area (Å²) in [5, 5.41) is 0. The van der Waals surface area contributed by atoms with Crippen LogP contribution in [0.25, 0.3) is 0 Å². The van der Waals surface area contributed by atoms with Crippen molar-refractivity contribution in [3.8, 4) is 0 Å². The van der Waals surface area contributed by atoms with Gasteiger partial charge < -0.3 is 9.47 Å². The minimum atomic E-state index is -4.98. The van der Waals surface area contributed by atoms with Gasteiger partial charge in [-0.1, -0.05) is 86.6 Å². The SMILES string of the molecule is CCCC/C=C/C=C/C=C/[C@@H]1CC[C@@H](OC(=O)[C@@](OC)(c2ccccc2)C(F)(F)F)[C@H](C)N1C. The molecule has 0 N–H and O–H groups in total. The van der Waals surface area contributed by atoms with Crippen molar-refractivity contribution in [1.29, 1.82) is 0 Å². The van der Waals surface area contributed by atoms with E-state index in [2.05, 4.69) is 19.1 Å². The molecular weight excluding hydrogens is 443 g/mol. The van der Waals surface area contributed by atoms with Gasteiger partial charge in [0.05, 0.1) is 0 Å². The van der Waals surface area contributed by atoms with Crippen molar-refractivity contribution in [1.82, 2.24) is 4.90 Å². The van der Waals surface area contributed by atoms with Crippen LogP contribution in [0, 0.1) is 0 Å². The number of likely N-dealkylation sites (tertiary alicyclic amines) is 1. The number of unbranched alkanes of at least 4 members (excludes halogenated alkanes) is 2. The Bertz CT molecular complexity index is 850. The molecule has 188 valence electrons. The molecule has 0 spiro atoms. The monoisotopic (exact) mass is 479 g/mol. The largest absolute Gasteiger partial charge is 0.458 e. The third-order valence-corrected chi connectivity index (χ3v) is 6.41. The second kappa shape index (κ2) is 12.9. The van der Waals surface area contributed by atoms with Gasteiger partial charge in [-0.15, -0.1) is 0 Å². The van der Waals surface area contributed by atoms with E-state index in [0.29, 0.717) is 12.8 Å². The summed E-state index contributed by atoms with van der Waals surface area (Å²) in [6.07, 6.45) is 11.0. The molecule has 1 aliphatic rings. The number of ether oxygens (including phenoxy) is 2. The van der Waals surface area contributed by atoms with Crippen LogP contribution in [0.5, 0.6) is 0 Å². The number of hydrogen-bond acceptors (Lipinski definition) is 4. The Hall–Kier alpha value is -2.38. The van der Waals surface area contributed by atoms with Crippen LogP contribution in [-0.2, 0) is 19.9 Å². The first-order valence-corrected chi connectivity index (χ1v) is 11.8. The number of allylic oxidation sites excluding steroid dienone is 5. The minimum absolute atomic E-state index is 0.0996. The first kappa shape index (κ1) is 27.9. The summed E-state index contributed by atoms with van der Waals surface area (Å²) in [5.41, 5.74) is -3.47. The van der Waals surface area contributed by atoms with Crippen LogP contribution in [-0.4, -0.2) is 49.4 Å². The maximum absolute atomic E-state index is 14.1. The fourth-order valence-corrected chi connectivity index (χ4v) is 4.16. The predicted molar refractivity (Wildman–Crippen MR) is 128 cm³/mol. The highest BCUT2D eigenvalue weighted by Gasteiger charge is 2.64. The van der Waals surface area contributed by atoms with Crippen LogP contribution in [0.15, 0.2) is 66.8 Å². The Morgan fingerprint density at radius 3 is 2.41 bits per heavy atom. The topological polar surface area (TPSA) is 38.8 Å². The molecule has 0 bridgehead atoms. The van der Waals surface area contributed by atoms with Crippen molar-refractivity contribution in [3.05, 3.63) is 72.4 Å². The summed E-state index contributed by atoms with van der Waals surface area (Å²) in [6.45, 7) is 4.02. The predicted octanol–water partition coefficient (Wildman–Crippen LogP) is 6.34. The van der Waals surface area contributed by atoms with Crippen LogP contribution >= 0.6 is 0 Å². The molecule has 0 amide bonds. The van der Waals surface area contributed by atoms with Crippen molar-refractivity contribution in [2.45, 2.75) is 75.9 Å². The van der Waals surface area contributed by atoms with Crippen molar-refractivity contribution in [2.75, 3.05) is 14.2 Å². The molecule has 1 aliphatic heterocycles. The van der Waals surface area contributed by atoms with Gasteiger partial charge in [-0.2, -0.15) is 13.2 Å². The van der Waals surface area contributed by atoms with Crippen molar-refractivity contribution in [2.24, 2.45) is 0 Å². The van der Waals surface area contributed by atoms with Gasteiger partial charge in [-0.3, -0.25) is 4.90 Å². The quantitative estimate of drug-likeness (QED) is 0.223. The molecule has 0 aromatic heterocycles. The highest BCUT2D eigenvalue weighted by molar-refractivity contribution is 5.83. The number of benzene rings is 1. The molecule has 2 rings (SSSR count). The van der Waals surface area contributed by atoms with E-state index >= 15 is 0 Å². The molecule has 0 radical (unpaired) electrons. The summed E-state index contributed by atoms with van der Waals surface area (Å²) in [4.78, 5) is 15.0. The molecule has 7 heteroatoms. The van der Waals surface area contributed by atoms with Gasteiger partial charge in [0.2, 0.25) is 0 Å². The van der Waals surface area contributed by atoms with Gasteiger partial charge in [-0.25, -0.2) is 4.79 Å². The second-order valence-corrected chi connectivity index (χ2v) is 8.58. The Kier molecular flexibility index (Phi) is 10.6. The number of rotatable bonds is 10. The number of alkyl halides is 3. The lowest BCUT2D eigenvalue weighted by atomic mass is 9.91. The van der Waals surface area contributed by atoms with E-state index in [9.17, 15) is 18.0 Å². The van der Waals surface area contributed by atoms with Crippen molar-refractivity contribution >= 4 is 5.97 Å². The maximum Gasteiger partial charge on any atom is 0.432 e. The third-order valence-electron chi connectivity index (χ3n) is 6.41. The fourth-order valence-electron chi connectivity index (χ4n) is 4.16. The number of halogens is 3. The van der Waals surface area contributed by atoms with Crippen molar-refractivity contribution in [3.63, 3.8) is 0 Å². The second-order valence-electron chi connectivity index (χ2n) is 8.58. The molecule has 34 heavy (non-hydrogen) atoms. The molecule has 1 heterocycles. The smallest absolute Gasteiger partial charge is 0.432 e. The lowest BCUT2D eigenvalue weighted by Gasteiger charge is -2.42. The van der Waals surface area contributed by atoms with Gasteiger partial charge in [0.1, 0.15) is 6.10 Å². The van der Waals surface area contributed by atoms with Gasteiger partial charge in [0.25, 0.3) is 5.60 Å².